The fourth-order valence-corrected chi connectivity index (χ4v) is 1.52. The molecular formula is C14H22N2O2. The van der Waals surface area contributed by atoms with Gasteiger partial charge >= 0.3 is 0 Å². The van der Waals surface area contributed by atoms with Gasteiger partial charge in [0.15, 0.2) is 0 Å². The van der Waals surface area contributed by atoms with Crippen LogP contribution in [0, 0.1) is 0 Å². The summed E-state index contributed by atoms with van der Waals surface area (Å²) in [7, 11) is 1.65. The van der Waals surface area contributed by atoms with Crippen LogP contribution in [0.1, 0.15) is 25.8 Å². The van der Waals surface area contributed by atoms with Crippen LogP contribution in [-0.2, 0) is 16.1 Å². The number of anilines is 1. The van der Waals surface area contributed by atoms with E-state index < -0.39 is 0 Å². The molecule has 18 heavy (non-hydrogen) atoms. The van der Waals surface area contributed by atoms with E-state index in [-0.39, 0.29) is 5.91 Å². The molecule has 0 saturated heterocycles. The van der Waals surface area contributed by atoms with Crippen molar-refractivity contribution in [2.75, 3.05) is 19.0 Å². The number of carbonyl (C=O) groups excluding carboxylic acids is 1. The number of ether oxygens (including phenoxy) is 1. The van der Waals surface area contributed by atoms with Crippen LogP contribution in [-0.4, -0.2) is 25.6 Å². The number of benzene rings is 1. The highest BCUT2D eigenvalue weighted by Crippen LogP contribution is 2.11. The van der Waals surface area contributed by atoms with Crippen molar-refractivity contribution in [3.05, 3.63) is 29.8 Å². The van der Waals surface area contributed by atoms with Crippen molar-refractivity contribution in [1.29, 1.82) is 0 Å². The van der Waals surface area contributed by atoms with Gasteiger partial charge in [0, 0.05) is 18.8 Å². The van der Waals surface area contributed by atoms with E-state index in [1.165, 1.54) is 0 Å². The highest BCUT2D eigenvalue weighted by molar-refractivity contribution is 5.92. The number of amides is 1. The predicted molar refractivity (Wildman–Crippen MR) is 73.5 cm³/mol. The van der Waals surface area contributed by atoms with Crippen molar-refractivity contribution in [2.45, 2.75) is 32.9 Å². The Morgan fingerprint density at radius 3 is 2.89 bits per heavy atom. The number of rotatable bonds is 7. The summed E-state index contributed by atoms with van der Waals surface area (Å²) in [6.45, 7) is 5.04. The monoisotopic (exact) mass is 250 g/mol. The molecule has 0 radical (unpaired) electrons. The molecule has 0 aromatic heterocycles. The molecule has 1 rings (SSSR count). The first kappa shape index (κ1) is 14.7. The zero-order valence-electron chi connectivity index (χ0n) is 11.3. The lowest BCUT2D eigenvalue weighted by atomic mass is 10.2. The van der Waals surface area contributed by atoms with Gasteiger partial charge in [-0.3, -0.25) is 4.79 Å². The van der Waals surface area contributed by atoms with Crippen LogP contribution >= 0.6 is 0 Å². The molecule has 1 aromatic carbocycles. The molecule has 0 fully saturated rings. The van der Waals surface area contributed by atoms with Crippen LogP contribution in [0.5, 0.6) is 0 Å². The number of nitrogens with one attached hydrogen (secondary N) is 2. The Labute approximate surface area is 109 Å². The Balaban J connectivity index is 2.46. The van der Waals surface area contributed by atoms with Crippen LogP contribution in [0.25, 0.3) is 0 Å². The second-order valence-electron chi connectivity index (χ2n) is 4.37. The average molecular weight is 250 g/mol. The average Bonchev–Trinajstić information content (AvgIpc) is 2.37. The van der Waals surface area contributed by atoms with Crippen LogP contribution in [0.3, 0.4) is 0 Å². The third-order valence-electron chi connectivity index (χ3n) is 2.75. The SMILES string of the molecule is CCC(C)NCC(=O)Nc1cccc(COC)c1. The molecular weight excluding hydrogens is 228 g/mol. The van der Waals surface area contributed by atoms with Crippen molar-refractivity contribution in [3.63, 3.8) is 0 Å². The number of hydrogen-bond donors (Lipinski definition) is 2. The molecule has 1 amide bonds. The lowest BCUT2D eigenvalue weighted by Gasteiger charge is -2.11. The Kier molecular flexibility index (Phi) is 6.39. The summed E-state index contributed by atoms with van der Waals surface area (Å²) < 4.78 is 5.06. The summed E-state index contributed by atoms with van der Waals surface area (Å²) in [6, 6.07) is 8.03. The molecule has 4 heteroatoms. The van der Waals surface area contributed by atoms with Crippen molar-refractivity contribution < 1.29 is 9.53 Å². The number of carbonyl (C=O) groups is 1. The van der Waals surface area contributed by atoms with Crippen molar-refractivity contribution >= 4 is 11.6 Å². The third kappa shape index (κ3) is 5.29. The summed E-state index contributed by atoms with van der Waals surface area (Å²) >= 11 is 0. The van der Waals surface area contributed by atoms with Gasteiger partial charge in [-0.2, -0.15) is 0 Å². The van der Waals surface area contributed by atoms with Gasteiger partial charge in [-0.25, -0.2) is 0 Å². The Morgan fingerprint density at radius 1 is 1.44 bits per heavy atom. The molecule has 0 aliphatic heterocycles. The largest absolute Gasteiger partial charge is 0.380 e. The maximum Gasteiger partial charge on any atom is 0.238 e. The van der Waals surface area contributed by atoms with Crippen LogP contribution < -0.4 is 10.6 Å². The standard InChI is InChI=1S/C14H22N2O2/c1-4-11(2)15-9-14(17)16-13-7-5-6-12(8-13)10-18-3/h5-8,11,15H,4,9-10H2,1-3H3,(H,16,17). The lowest BCUT2D eigenvalue weighted by Crippen LogP contribution is -2.33. The summed E-state index contributed by atoms with van der Waals surface area (Å²) in [5.74, 6) is -0.0233. The summed E-state index contributed by atoms with van der Waals surface area (Å²) in [5, 5.41) is 6.02. The van der Waals surface area contributed by atoms with Crippen LogP contribution in [0.15, 0.2) is 24.3 Å². The van der Waals surface area contributed by atoms with E-state index in [9.17, 15) is 4.79 Å². The van der Waals surface area contributed by atoms with Gasteiger partial charge in [0.1, 0.15) is 0 Å². The molecule has 0 aliphatic carbocycles. The molecule has 0 spiro atoms. The minimum atomic E-state index is -0.0233. The molecule has 0 heterocycles. The van der Waals surface area contributed by atoms with E-state index >= 15 is 0 Å². The van der Waals surface area contributed by atoms with Crippen molar-refractivity contribution in [2.24, 2.45) is 0 Å². The molecule has 0 bridgehead atoms. The van der Waals surface area contributed by atoms with E-state index in [1.807, 2.05) is 24.3 Å². The Bertz CT molecular complexity index is 380. The van der Waals surface area contributed by atoms with E-state index in [4.69, 9.17) is 4.74 Å². The number of methoxy groups -OCH3 is 1. The van der Waals surface area contributed by atoms with Gasteiger partial charge in [-0.05, 0) is 31.0 Å². The van der Waals surface area contributed by atoms with Gasteiger partial charge in [0.25, 0.3) is 0 Å². The van der Waals surface area contributed by atoms with E-state index in [0.717, 1.165) is 17.7 Å². The zero-order valence-corrected chi connectivity index (χ0v) is 11.3. The van der Waals surface area contributed by atoms with Gasteiger partial charge in [0.2, 0.25) is 5.91 Å². The summed E-state index contributed by atoms with van der Waals surface area (Å²) in [6.07, 6.45) is 1.01. The first-order chi connectivity index (χ1) is 8.65. The van der Waals surface area contributed by atoms with E-state index in [1.54, 1.807) is 7.11 Å². The fourth-order valence-electron chi connectivity index (χ4n) is 1.52. The molecule has 1 atom stereocenters. The quantitative estimate of drug-likeness (QED) is 0.779. The second kappa shape index (κ2) is 7.84. The summed E-state index contributed by atoms with van der Waals surface area (Å²) in [4.78, 5) is 11.7. The topological polar surface area (TPSA) is 50.4 Å². The van der Waals surface area contributed by atoms with Gasteiger partial charge in [0.05, 0.1) is 13.2 Å². The molecule has 0 aliphatic rings. The van der Waals surface area contributed by atoms with Crippen LogP contribution in [0.2, 0.25) is 0 Å². The highest BCUT2D eigenvalue weighted by Gasteiger charge is 2.04. The Hall–Kier alpha value is -1.39. The molecule has 2 N–H and O–H groups in total. The van der Waals surface area contributed by atoms with Crippen LogP contribution in [0.4, 0.5) is 5.69 Å². The highest BCUT2D eigenvalue weighted by atomic mass is 16.5. The zero-order chi connectivity index (χ0) is 13.4. The Morgan fingerprint density at radius 2 is 2.22 bits per heavy atom. The molecule has 0 saturated carbocycles. The van der Waals surface area contributed by atoms with Gasteiger partial charge < -0.3 is 15.4 Å². The molecule has 1 aromatic rings. The first-order valence-electron chi connectivity index (χ1n) is 6.26. The maximum atomic E-state index is 11.7. The van der Waals surface area contributed by atoms with Gasteiger partial charge in [-0.1, -0.05) is 19.1 Å². The van der Waals surface area contributed by atoms with E-state index in [0.29, 0.717) is 19.2 Å². The van der Waals surface area contributed by atoms with E-state index in [2.05, 4.69) is 24.5 Å². The smallest absolute Gasteiger partial charge is 0.238 e. The minimum Gasteiger partial charge on any atom is -0.380 e. The fraction of sp³-hybridized carbons (Fsp3) is 0.500. The van der Waals surface area contributed by atoms with Gasteiger partial charge in [-0.15, -0.1) is 0 Å². The number of hydrogen-bond acceptors (Lipinski definition) is 3. The normalized spacial score (nSPS) is 12.2. The maximum absolute atomic E-state index is 11.7. The third-order valence-corrected chi connectivity index (χ3v) is 2.75. The molecule has 1 unspecified atom stereocenters. The predicted octanol–water partition coefficient (Wildman–Crippen LogP) is 2.16. The lowest BCUT2D eigenvalue weighted by molar-refractivity contribution is -0.115. The molecule has 4 nitrogen and oxygen atoms in total. The minimum absolute atomic E-state index is 0.0233. The first-order valence-corrected chi connectivity index (χ1v) is 6.26. The van der Waals surface area contributed by atoms with Crippen molar-refractivity contribution in [1.82, 2.24) is 5.32 Å². The second-order valence-corrected chi connectivity index (χ2v) is 4.37. The summed E-state index contributed by atoms with van der Waals surface area (Å²) in [5.41, 5.74) is 1.85. The molecule has 100 valence electrons. The van der Waals surface area contributed by atoms with Crippen molar-refractivity contribution in [3.8, 4) is 0 Å².